The lowest BCUT2D eigenvalue weighted by atomic mass is 9.85. The van der Waals surface area contributed by atoms with E-state index in [0.717, 1.165) is 37.2 Å². The molecular weight excluding hydrogens is 829 g/mol. The van der Waals surface area contributed by atoms with Crippen molar-refractivity contribution in [2.45, 2.75) is 141 Å². The quantitative estimate of drug-likeness (QED) is 0.104. The van der Waals surface area contributed by atoms with E-state index in [4.69, 9.17) is 33.7 Å². The topological polar surface area (TPSA) is 200 Å². The molecule has 63 heavy (non-hydrogen) atoms. The lowest BCUT2D eigenvalue weighted by molar-refractivity contribution is -0.165. The predicted octanol–water partition coefficient (Wildman–Crippen LogP) is 6.76. The highest BCUT2D eigenvalue weighted by molar-refractivity contribution is 7.14. The fourth-order valence-electron chi connectivity index (χ4n) is 9.40. The Morgan fingerprint density at radius 1 is 1.02 bits per heavy atom. The van der Waals surface area contributed by atoms with E-state index in [2.05, 4.69) is 16.0 Å². The molecule has 3 saturated carbocycles. The van der Waals surface area contributed by atoms with Gasteiger partial charge in [0.1, 0.15) is 53.6 Å². The van der Waals surface area contributed by atoms with Crippen LogP contribution in [0.1, 0.15) is 99.3 Å². The largest absolute Gasteiger partial charge is 0.491 e. The highest BCUT2D eigenvalue weighted by Gasteiger charge is 2.61. The van der Waals surface area contributed by atoms with Gasteiger partial charge in [0.15, 0.2) is 11.4 Å². The molecule has 0 spiro atoms. The number of likely N-dealkylation sites (tertiary alicyclic amines) is 1. The average molecular weight is 891 g/mol. The summed E-state index contributed by atoms with van der Waals surface area (Å²) < 4.78 is 30.3. The van der Waals surface area contributed by atoms with Gasteiger partial charge in [-0.3, -0.25) is 9.59 Å². The van der Waals surface area contributed by atoms with Crippen molar-refractivity contribution in [3.63, 3.8) is 0 Å². The van der Waals surface area contributed by atoms with E-state index < -0.39 is 53.0 Å². The molecule has 9 atom stereocenters. The number of nitrogens with one attached hydrogen (secondary N) is 3. The molecular formula is C46H62N6O10S. The number of benzene rings is 1. The van der Waals surface area contributed by atoms with E-state index in [9.17, 15) is 24.3 Å². The first-order chi connectivity index (χ1) is 30.1. The molecule has 4 N–H and O–H groups in total. The third-order valence-electron chi connectivity index (χ3n) is 13.0. The second-order valence-corrected chi connectivity index (χ2v) is 20.1. The van der Waals surface area contributed by atoms with Crippen molar-refractivity contribution < 1.29 is 48.0 Å². The van der Waals surface area contributed by atoms with Gasteiger partial charge in [0.25, 0.3) is 0 Å². The van der Waals surface area contributed by atoms with Gasteiger partial charge in [-0.25, -0.2) is 19.6 Å². The van der Waals surface area contributed by atoms with Crippen LogP contribution < -0.4 is 25.4 Å². The summed E-state index contributed by atoms with van der Waals surface area (Å²) in [4.78, 5) is 66.2. The maximum Gasteiger partial charge on any atom is 0.408 e. The van der Waals surface area contributed by atoms with Gasteiger partial charge < -0.3 is 49.6 Å². The highest BCUT2D eigenvalue weighted by Crippen LogP contribution is 2.52. The lowest BCUT2D eigenvalue weighted by Gasteiger charge is -2.35. The van der Waals surface area contributed by atoms with Gasteiger partial charge in [-0.2, -0.15) is 0 Å². The summed E-state index contributed by atoms with van der Waals surface area (Å²) in [5.74, 6) is -0.144. The molecule has 5 fully saturated rings. The number of fused-ring (bicyclic) bond motifs is 2. The van der Waals surface area contributed by atoms with Gasteiger partial charge in [0.05, 0.1) is 24.4 Å². The first kappa shape index (κ1) is 44.9. The van der Waals surface area contributed by atoms with Gasteiger partial charge in [0.2, 0.25) is 11.8 Å². The number of hydrogen-bond acceptors (Lipinski definition) is 13. The van der Waals surface area contributed by atoms with Crippen LogP contribution >= 0.6 is 11.3 Å². The number of hydrogen-bond donors (Lipinski definition) is 4. The Morgan fingerprint density at radius 2 is 1.81 bits per heavy atom. The van der Waals surface area contributed by atoms with Gasteiger partial charge in [-0.05, 0) is 94.1 Å². The number of carbonyl (C=O) groups excluding carboxylic acids is 3. The number of ether oxygens (including phenoxy) is 5. The molecule has 0 bridgehead atoms. The highest BCUT2D eigenvalue weighted by atomic mass is 32.1. The average Bonchev–Trinajstić information content (AvgIpc) is 3.91. The molecule has 16 nitrogen and oxygen atoms in total. The van der Waals surface area contributed by atoms with E-state index in [1.807, 2.05) is 71.2 Å². The minimum atomic E-state index is -1.41. The number of nitrogens with zero attached hydrogens (tertiary/aromatic N) is 3. The molecule has 0 radical (unpaired) electrons. The Kier molecular flexibility index (Phi) is 13.1. The molecule has 2 aliphatic heterocycles. The van der Waals surface area contributed by atoms with Gasteiger partial charge in [0, 0.05) is 42.0 Å². The molecule has 3 unspecified atom stereocenters. The Bertz CT molecular complexity index is 2160. The molecule has 4 heterocycles. The maximum atomic E-state index is 14.8. The van der Waals surface area contributed by atoms with Crippen LogP contribution in [0.5, 0.6) is 11.5 Å². The molecule has 2 saturated heterocycles. The molecule has 8 rings (SSSR count). The lowest BCUT2D eigenvalue weighted by Crippen LogP contribution is -2.59. The van der Waals surface area contributed by atoms with Crippen LogP contribution in [0.4, 0.5) is 9.93 Å². The number of aliphatic carboxylic acids is 1. The van der Waals surface area contributed by atoms with Crippen molar-refractivity contribution in [1.29, 1.82) is 0 Å². The van der Waals surface area contributed by atoms with Crippen LogP contribution in [0.25, 0.3) is 22.3 Å². The van der Waals surface area contributed by atoms with Crippen molar-refractivity contribution in [2.24, 2.45) is 23.2 Å². The Morgan fingerprint density at radius 3 is 2.49 bits per heavy atom. The zero-order valence-electron chi connectivity index (χ0n) is 37.1. The number of aromatic nitrogens is 2. The van der Waals surface area contributed by atoms with E-state index in [-0.39, 0.29) is 37.3 Å². The normalized spacial score (nSPS) is 28.0. The summed E-state index contributed by atoms with van der Waals surface area (Å²) in [5.41, 5.74) is -0.408. The van der Waals surface area contributed by atoms with E-state index in [1.54, 1.807) is 0 Å². The third-order valence-corrected chi connectivity index (χ3v) is 13.8. The van der Waals surface area contributed by atoms with Gasteiger partial charge in [-0.1, -0.05) is 34.1 Å². The number of amides is 3. The van der Waals surface area contributed by atoms with Gasteiger partial charge >= 0.3 is 12.1 Å². The molecule has 342 valence electrons. The smallest absolute Gasteiger partial charge is 0.408 e. The summed E-state index contributed by atoms with van der Waals surface area (Å²) in [6.07, 6.45) is 4.97. The minimum Gasteiger partial charge on any atom is -0.491 e. The van der Waals surface area contributed by atoms with Crippen molar-refractivity contribution in [2.75, 3.05) is 31.7 Å². The summed E-state index contributed by atoms with van der Waals surface area (Å²) >= 11 is 1.46. The van der Waals surface area contributed by atoms with Crippen LogP contribution in [-0.4, -0.2) is 112 Å². The van der Waals surface area contributed by atoms with Crippen LogP contribution in [0.3, 0.4) is 0 Å². The fraction of sp³-hybridized carbons (Fsp3) is 0.652. The number of thiazole rings is 1. The standard InChI is InChI=1S/C46H62N6O10S/c1-7-28-22-46(28,42(55)56)51-40(53)36-20-31(23-52(36)41(54)39(45(4,5)6)50-44(57)62-30-17-26-16-27(26)18-30)61-37-21-34(35-24-63-43(49-35)47-25(2)3)48-33-19-29(11-12-32(33)37)58-14-15-60-38-10-8-9-13-59-38/h11-12,19,21,24-28,30-31,36,38-39H,7-10,13-18,20,22-23H2,1-6H3,(H,47,49)(H,50,57)(H,51,53)(H,55,56)/t26-,27?,28+,30?,31-,36-,38?,39-,46-/m0/s1. The monoisotopic (exact) mass is 890 g/mol. The SMILES string of the molecule is CC[C@@H]1C[C@@]1(NC(=O)[C@@H]1C[C@H](Oc2cc(-c3csc(NC(C)C)n3)nc3cc(OCCOC4CCCCO4)ccc23)CN1C(=O)[C@H](NC(=O)OC1CC2C[C@H]2C1)C(C)(C)C)C(=O)O. The number of carboxylic acids is 1. The van der Waals surface area contributed by atoms with Crippen molar-refractivity contribution in [3.05, 3.63) is 29.6 Å². The van der Waals surface area contributed by atoms with Crippen LogP contribution in [-0.2, 0) is 28.6 Å². The number of alkyl carbamates (subject to hydrolysis) is 1. The molecule has 3 aromatic rings. The van der Waals surface area contributed by atoms with Crippen LogP contribution in [0.15, 0.2) is 29.6 Å². The Balaban J connectivity index is 1.06. The summed E-state index contributed by atoms with van der Waals surface area (Å²) in [7, 11) is 0. The molecule has 3 aliphatic carbocycles. The summed E-state index contributed by atoms with van der Waals surface area (Å²) in [5, 5.41) is 22.6. The zero-order valence-corrected chi connectivity index (χ0v) is 38.0. The van der Waals surface area contributed by atoms with E-state index >= 15 is 0 Å². The minimum absolute atomic E-state index is 0.00625. The molecule has 3 amide bonds. The number of pyridine rings is 1. The summed E-state index contributed by atoms with van der Waals surface area (Å²) in [6.45, 7) is 12.9. The Labute approximate surface area is 372 Å². The van der Waals surface area contributed by atoms with Crippen molar-refractivity contribution >= 4 is 51.2 Å². The first-order valence-corrected chi connectivity index (χ1v) is 23.5. The fourth-order valence-corrected chi connectivity index (χ4v) is 10.3. The molecule has 5 aliphatic rings. The number of carboxylic acid groups (broad SMARTS) is 1. The third kappa shape index (κ3) is 10.3. The van der Waals surface area contributed by atoms with Crippen LogP contribution in [0, 0.1) is 23.2 Å². The number of rotatable bonds is 17. The van der Waals surface area contributed by atoms with E-state index in [0.29, 0.717) is 78.3 Å². The zero-order chi connectivity index (χ0) is 44.6. The second kappa shape index (κ2) is 18.4. The molecule has 17 heteroatoms. The molecule has 2 aromatic heterocycles. The number of anilines is 1. The van der Waals surface area contributed by atoms with Crippen LogP contribution in [0.2, 0.25) is 0 Å². The second-order valence-electron chi connectivity index (χ2n) is 19.3. The maximum absolute atomic E-state index is 14.8. The Hall–Kier alpha value is -4.74. The summed E-state index contributed by atoms with van der Waals surface area (Å²) in [6, 6.07) is 5.38. The first-order valence-electron chi connectivity index (χ1n) is 22.6. The van der Waals surface area contributed by atoms with Crippen molar-refractivity contribution in [3.8, 4) is 22.9 Å². The number of carbonyl (C=O) groups is 4. The van der Waals surface area contributed by atoms with Gasteiger partial charge in [-0.15, -0.1) is 11.3 Å². The van der Waals surface area contributed by atoms with E-state index in [1.165, 1.54) is 22.7 Å². The molecule has 1 aromatic carbocycles. The predicted molar refractivity (Wildman–Crippen MR) is 236 cm³/mol. The van der Waals surface area contributed by atoms with Crippen molar-refractivity contribution in [1.82, 2.24) is 25.5 Å².